The lowest BCUT2D eigenvalue weighted by atomic mass is 9.96. The first-order valence-corrected chi connectivity index (χ1v) is 6.72. The van der Waals surface area contributed by atoms with Crippen molar-refractivity contribution in [2.45, 2.75) is 64.9 Å². The quantitative estimate of drug-likeness (QED) is 0.488. The van der Waals surface area contributed by atoms with Crippen LogP contribution in [0.5, 0.6) is 0 Å². The fraction of sp³-hybridized carbons (Fsp3) is 0.786. The van der Waals surface area contributed by atoms with Crippen LogP contribution in [-0.2, 0) is 9.47 Å². The van der Waals surface area contributed by atoms with Crippen LogP contribution >= 0.6 is 0 Å². The summed E-state index contributed by atoms with van der Waals surface area (Å²) in [7, 11) is 0. The minimum absolute atomic E-state index is 0.0464. The number of hydrogen-bond acceptors (Lipinski definition) is 3. The maximum atomic E-state index is 11.1. The number of carbonyl (C=O) groups excluding carboxylic acids is 1. The van der Waals surface area contributed by atoms with Crippen LogP contribution in [0.1, 0.15) is 58.8 Å². The fourth-order valence-corrected chi connectivity index (χ4v) is 2.09. The molecule has 0 aromatic carbocycles. The highest BCUT2D eigenvalue weighted by Crippen LogP contribution is 2.27. The SMILES string of the molecule is C=C1OC(=O)O[C@@H](CCCCCCCC)[C@@H]1C. The third-order valence-corrected chi connectivity index (χ3v) is 3.37. The molecule has 1 saturated heterocycles. The van der Waals surface area contributed by atoms with Gasteiger partial charge in [-0.2, -0.15) is 0 Å². The Morgan fingerprint density at radius 3 is 2.53 bits per heavy atom. The van der Waals surface area contributed by atoms with Gasteiger partial charge < -0.3 is 9.47 Å². The van der Waals surface area contributed by atoms with Crippen molar-refractivity contribution < 1.29 is 14.3 Å². The molecule has 2 atom stereocenters. The maximum Gasteiger partial charge on any atom is 0.513 e. The van der Waals surface area contributed by atoms with E-state index in [1.54, 1.807) is 0 Å². The Balaban J connectivity index is 2.17. The van der Waals surface area contributed by atoms with Gasteiger partial charge in [-0.15, -0.1) is 0 Å². The summed E-state index contributed by atoms with van der Waals surface area (Å²) in [5.74, 6) is 0.653. The smallest absolute Gasteiger partial charge is 0.430 e. The van der Waals surface area contributed by atoms with Crippen LogP contribution in [-0.4, -0.2) is 12.3 Å². The van der Waals surface area contributed by atoms with Crippen molar-refractivity contribution in [3.8, 4) is 0 Å². The fourth-order valence-electron chi connectivity index (χ4n) is 2.09. The van der Waals surface area contributed by atoms with Crippen molar-refractivity contribution in [3.63, 3.8) is 0 Å². The van der Waals surface area contributed by atoms with E-state index >= 15 is 0 Å². The van der Waals surface area contributed by atoms with E-state index in [9.17, 15) is 4.79 Å². The summed E-state index contributed by atoms with van der Waals surface area (Å²) in [6, 6.07) is 0. The van der Waals surface area contributed by atoms with E-state index in [0.29, 0.717) is 5.76 Å². The van der Waals surface area contributed by atoms with Gasteiger partial charge in [0.05, 0.1) is 5.92 Å². The van der Waals surface area contributed by atoms with E-state index in [-0.39, 0.29) is 12.0 Å². The molecule has 3 nitrogen and oxygen atoms in total. The summed E-state index contributed by atoms with van der Waals surface area (Å²) in [5, 5.41) is 0. The van der Waals surface area contributed by atoms with Crippen molar-refractivity contribution in [3.05, 3.63) is 12.3 Å². The first-order chi connectivity index (χ1) is 8.15. The number of hydrogen-bond donors (Lipinski definition) is 0. The number of cyclic esters (lactones) is 2. The van der Waals surface area contributed by atoms with Gasteiger partial charge in [0.15, 0.2) is 0 Å². The monoisotopic (exact) mass is 240 g/mol. The zero-order chi connectivity index (χ0) is 12.7. The third-order valence-electron chi connectivity index (χ3n) is 3.37. The molecule has 3 heteroatoms. The van der Waals surface area contributed by atoms with Crippen LogP contribution in [0.2, 0.25) is 0 Å². The summed E-state index contributed by atoms with van der Waals surface area (Å²) in [6.07, 6.45) is 7.79. The van der Waals surface area contributed by atoms with Crippen LogP contribution in [0.15, 0.2) is 12.3 Å². The molecule has 0 spiro atoms. The average Bonchev–Trinajstić information content (AvgIpc) is 2.29. The number of rotatable bonds is 7. The van der Waals surface area contributed by atoms with Gasteiger partial charge in [0.2, 0.25) is 0 Å². The predicted molar refractivity (Wildman–Crippen MR) is 67.7 cm³/mol. The zero-order valence-electron chi connectivity index (χ0n) is 11.0. The largest absolute Gasteiger partial charge is 0.513 e. The van der Waals surface area contributed by atoms with Gasteiger partial charge in [0.25, 0.3) is 0 Å². The van der Waals surface area contributed by atoms with Gasteiger partial charge in [0.1, 0.15) is 11.9 Å². The predicted octanol–water partition coefficient (Wildman–Crippen LogP) is 4.42. The lowest BCUT2D eigenvalue weighted by Crippen LogP contribution is -2.33. The van der Waals surface area contributed by atoms with Gasteiger partial charge in [0, 0.05) is 0 Å². The van der Waals surface area contributed by atoms with Crippen molar-refractivity contribution in [1.82, 2.24) is 0 Å². The number of unbranched alkanes of at least 4 members (excludes halogenated alkanes) is 5. The second-order valence-electron chi connectivity index (χ2n) is 4.82. The zero-order valence-corrected chi connectivity index (χ0v) is 11.0. The van der Waals surface area contributed by atoms with Crippen molar-refractivity contribution in [1.29, 1.82) is 0 Å². The third kappa shape index (κ3) is 4.80. The Morgan fingerprint density at radius 2 is 1.82 bits per heavy atom. The lowest BCUT2D eigenvalue weighted by Gasteiger charge is -2.29. The summed E-state index contributed by atoms with van der Waals surface area (Å²) in [6.45, 7) is 7.96. The molecule has 1 rings (SSSR count). The summed E-state index contributed by atoms with van der Waals surface area (Å²) < 4.78 is 10.0. The molecule has 0 amide bonds. The first-order valence-electron chi connectivity index (χ1n) is 6.72. The number of ether oxygens (including phenoxy) is 2. The molecule has 0 radical (unpaired) electrons. The van der Waals surface area contributed by atoms with Crippen LogP contribution < -0.4 is 0 Å². The first kappa shape index (κ1) is 14.1. The van der Waals surface area contributed by atoms with Crippen LogP contribution in [0.3, 0.4) is 0 Å². The Morgan fingerprint density at radius 1 is 1.18 bits per heavy atom. The molecule has 98 valence electrons. The van der Waals surface area contributed by atoms with Crippen LogP contribution in [0.25, 0.3) is 0 Å². The van der Waals surface area contributed by atoms with E-state index in [4.69, 9.17) is 9.47 Å². The lowest BCUT2D eigenvalue weighted by molar-refractivity contribution is -0.0247. The molecular weight excluding hydrogens is 216 g/mol. The Hall–Kier alpha value is -0.990. The molecule has 0 aliphatic carbocycles. The molecule has 1 aliphatic rings. The highest BCUT2D eigenvalue weighted by Gasteiger charge is 2.31. The van der Waals surface area contributed by atoms with Crippen molar-refractivity contribution in [2.24, 2.45) is 5.92 Å². The molecule has 0 unspecified atom stereocenters. The molecule has 0 saturated carbocycles. The summed E-state index contributed by atoms with van der Waals surface area (Å²) in [4.78, 5) is 11.1. The van der Waals surface area contributed by atoms with Crippen LogP contribution in [0, 0.1) is 5.92 Å². The molecule has 1 heterocycles. The molecule has 1 aliphatic heterocycles. The van der Waals surface area contributed by atoms with Crippen molar-refractivity contribution in [2.75, 3.05) is 0 Å². The molecule has 17 heavy (non-hydrogen) atoms. The number of carbonyl (C=O) groups is 1. The van der Waals surface area contributed by atoms with E-state index < -0.39 is 6.16 Å². The van der Waals surface area contributed by atoms with E-state index in [0.717, 1.165) is 12.8 Å². The van der Waals surface area contributed by atoms with Gasteiger partial charge in [-0.3, -0.25) is 0 Å². The van der Waals surface area contributed by atoms with Crippen LogP contribution in [0.4, 0.5) is 4.79 Å². The van der Waals surface area contributed by atoms with Gasteiger partial charge in [-0.05, 0) is 12.8 Å². The Labute approximate surface area is 104 Å². The molecular formula is C14H24O3. The second-order valence-corrected chi connectivity index (χ2v) is 4.82. The summed E-state index contributed by atoms with van der Waals surface area (Å²) >= 11 is 0. The highest BCUT2D eigenvalue weighted by molar-refractivity contribution is 5.62. The molecule has 0 bridgehead atoms. The van der Waals surface area contributed by atoms with E-state index in [1.165, 1.54) is 32.1 Å². The molecule has 1 fully saturated rings. The average molecular weight is 240 g/mol. The Bertz CT molecular complexity index is 260. The molecule has 0 N–H and O–H groups in total. The molecule has 0 aromatic heterocycles. The van der Waals surface area contributed by atoms with E-state index in [1.807, 2.05) is 6.92 Å². The summed E-state index contributed by atoms with van der Waals surface area (Å²) in [5.41, 5.74) is 0. The van der Waals surface area contributed by atoms with Crippen molar-refractivity contribution >= 4 is 6.16 Å². The maximum absolute atomic E-state index is 11.1. The van der Waals surface area contributed by atoms with E-state index in [2.05, 4.69) is 13.5 Å². The highest BCUT2D eigenvalue weighted by atomic mass is 16.7. The standard InChI is InChI=1S/C14H24O3/c1-4-5-6-7-8-9-10-13-11(2)12(3)16-14(15)17-13/h11,13H,3-10H2,1-2H3/t11-,13+/m1/s1. The normalized spacial score (nSPS) is 24.4. The second kappa shape index (κ2) is 7.36. The minimum Gasteiger partial charge on any atom is -0.430 e. The van der Waals surface area contributed by atoms with Gasteiger partial charge in [-0.1, -0.05) is 52.5 Å². The van der Waals surface area contributed by atoms with Gasteiger partial charge >= 0.3 is 6.16 Å². The Kier molecular flexibility index (Phi) is 6.09. The minimum atomic E-state index is -0.593. The topological polar surface area (TPSA) is 35.5 Å². The van der Waals surface area contributed by atoms with Gasteiger partial charge in [-0.25, -0.2) is 4.79 Å². The molecule has 0 aromatic rings.